The highest BCUT2D eigenvalue weighted by molar-refractivity contribution is 5.85. The number of esters is 1. The topological polar surface area (TPSA) is 88.8 Å². The molecule has 6 heteroatoms. The summed E-state index contributed by atoms with van der Waals surface area (Å²) in [6.45, 7) is 10.7. The Labute approximate surface area is 227 Å². The first kappa shape index (κ1) is 35.2. The van der Waals surface area contributed by atoms with Crippen LogP contribution in [0.25, 0.3) is 0 Å². The lowest BCUT2D eigenvalue weighted by molar-refractivity contribution is -0.151. The van der Waals surface area contributed by atoms with Crippen LogP contribution in [0.3, 0.4) is 0 Å². The third-order valence-corrected chi connectivity index (χ3v) is 6.61. The van der Waals surface area contributed by atoms with E-state index in [9.17, 15) is 9.90 Å². The number of nitriles is 1. The molecule has 37 heavy (non-hydrogen) atoms. The number of carbonyl (C=O) groups is 1. The minimum Gasteiger partial charge on any atom is -0.489 e. The van der Waals surface area contributed by atoms with Crippen LogP contribution in [-0.4, -0.2) is 36.7 Å². The molecule has 0 aromatic carbocycles. The number of allylic oxidation sites excluding steroid dienone is 3. The quantitative estimate of drug-likeness (QED) is 0.0308. The van der Waals surface area contributed by atoms with E-state index in [-0.39, 0.29) is 13.2 Å². The Kier molecular flexibility index (Phi) is 24.5. The van der Waals surface area contributed by atoms with Crippen molar-refractivity contribution in [1.82, 2.24) is 0 Å². The van der Waals surface area contributed by atoms with Gasteiger partial charge >= 0.3 is 5.97 Å². The molecule has 0 amide bonds. The Morgan fingerprint density at radius 1 is 0.919 bits per heavy atom. The molecule has 3 atom stereocenters. The van der Waals surface area contributed by atoms with Gasteiger partial charge in [-0.3, -0.25) is 0 Å². The fourth-order valence-electron chi connectivity index (χ4n) is 3.97. The zero-order valence-electron chi connectivity index (χ0n) is 24.1. The average molecular weight is 522 g/mol. The number of carbonyl (C=O) groups excluding carboxylic acids is 1. The van der Waals surface area contributed by atoms with Gasteiger partial charge in [-0.05, 0) is 50.9 Å². The normalized spacial score (nSPS) is 13.7. The summed E-state index contributed by atoms with van der Waals surface area (Å²) < 4.78 is 16.3. The monoisotopic (exact) mass is 521 g/mol. The first-order chi connectivity index (χ1) is 17.9. The van der Waals surface area contributed by atoms with Crippen molar-refractivity contribution >= 4 is 5.97 Å². The summed E-state index contributed by atoms with van der Waals surface area (Å²) in [6.07, 6.45) is 21.8. The van der Waals surface area contributed by atoms with Crippen molar-refractivity contribution in [2.24, 2.45) is 5.92 Å². The van der Waals surface area contributed by atoms with E-state index >= 15 is 0 Å². The van der Waals surface area contributed by atoms with Gasteiger partial charge in [0.25, 0.3) is 0 Å². The van der Waals surface area contributed by atoms with E-state index in [2.05, 4.69) is 39.5 Å². The second kappa shape index (κ2) is 25.8. The molecule has 1 N–H and O–H groups in total. The number of ether oxygens (including phenoxy) is 3. The van der Waals surface area contributed by atoms with Crippen molar-refractivity contribution in [1.29, 1.82) is 5.26 Å². The van der Waals surface area contributed by atoms with Crippen LogP contribution < -0.4 is 0 Å². The Balaban J connectivity index is 4.13. The molecule has 0 spiro atoms. The van der Waals surface area contributed by atoms with Gasteiger partial charge in [0.05, 0.1) is 12.4 Å². The molecule has 0 heterocycles. The highest BCUT2D eigenvalue weighted by atomic mass is 16.6. The van der Waals surface area contributed by atoms with Crippen molar-refractivity contribution in [3.8, 4) is 6.07 Å². The lowest BCUT2D eigenvalue weighted by Crippen LogP contribution is -2.29. The van der Waals surface area contributed by atoms with Crippen LogP contribution in [0.1, 0.15) is 130 Å². The molecule has 6 nitrogen and oxygen atoms in total. The van der Waals surface area contributed by atoms with Crippen LogP contribution in [0.4, 0.5) is 0 Å². The lowest BCUT2D eigenvalue weighted by Gasteiger charge is -2.21. The summed E-state index contributed by atoms with van der Waals surface area (Å²) in [5.74, 6) is 0.457. The maximum Gasteiger partial charge on any atom is 0.411 e. The molecular formula is C31H55NO5. The third-order valence-electron chi connectivity index (χ3n) is 6.61. The van der Waals surface area contributed by atoms with Crippen LogP contribution in [0.15, 0.2) is 24.5 Å². The summed E-state index contributed by atoms with van der Waals surface area (Å²) in [4.78, 5) is 11.3. The Hall–Kier alpha value is -1.84. The fourth-order valence-corrected chi connectivity index (χ4v) is 3.97. The van der Waals surface area contributed by atoms with Crippen LogP contribution in [0, 0.1) is 17.2 Å². The first-order valence-corrected chi connectivity index (χ1v) is 14.8. The molecule has 0 saturated carbocycles. The smallest absolute Gasteiger partial charge is 0.411 e. The van der Waals surface area contributed by atoms with Gasteiger partial charge in [-0.1, -0.05) is 97.3 Å². The average Bonchev–Trinajstić information content (AvgIpc) is 2.90. The Morgan fingerprint density at radius 3 is 2.16 bits per heavy atom. The number of hydrogen-bond acceptors (Lipinski definition) is 6. The van der Waals surface area contributed by atoms with Gasteiger partial charge in [0, 0.05) is 6.42 Å². The molecule has 0 rings (SSSR count). The highest BCUT2D eigenvalue weighted by Crippen LogP contribution is 2.16. The number of rotatable bonds is 26. The largest absolute Gasteiger partial charge is 0.489 e. The zero-order valence-corrected chi connectivity index (χ0v) is 24.1. The SMILES string of the molecule is C=C(CCCC/C=C\CCCCC)OC(COC(=O)C#N)COC(O)CCCCCCCCC(C)CC. The van der Waals surface area contributed by atoms with Crippen molar-refractivity contribution in [3.05, 3.63) is 24.5 Å². The van der Waals surface area contributed by atoms with Gasteiger partial charge < -0.3 is 19.3 Å². The van der Waals surface area contributed by atoms with E-state index in [4.69, 9.17) is 19.5 Å². The van der Waals surface area contributed by atoms with E-state index in [1.807, 2.05) is 0 Å². The lowest BCUT2D eigenvalue weighted by atomic mass is 10.00. The maximum atomic E-state index is 11.3. The number of aliphatic hydroxyl groups excluding tert-OH is 1. The van der Waals surface area contributed by atoms with Gasteiger partial charge in [0.15, 0.2) is 18.5 Å². The predicted molar refractivity (Wildman–Crippen MR) is 151 cm³/mol. The van der Waals surface area contributed by atoms with Crippen LogP contribution in [0.5, 0.6) is 0 Å². The second-order valence-corrected chi connectivity index (χ2v) is 10.2. The molecular weight excluding hydrogens is 466 g/mol. The standard InChI is InChI=1S/C31H55NO5/c1-5-7-8-9-10-11-12-16-19-22-28(4)37-29(26-36-31(34)24-32)25-35-30(33)23-20-17-14-13-15-18-21-27(3)6-2/h10-11,27,29-30,33H,4-9,12-23,25-26H2,1-3H3/b11-10-. The maximum absolute atomic E-state index is 11.3. The van der Waals surface area contributed by atoms with Crippen LogP contribution in [-0.2, 0) is 19.0 Å². The molecule has 0 aliphatic heterocycles. The van der Waals surface area contributed by atoms with E-state index in [0.29, 0.717) is 18.6 Å². The first-order valence-electron chi connectivity index (χ1n) is 14.8. The summed E-state index contributed by atoms with van der Waals surface area (Å²) in [7, 11) is 0. The van der Waals surface area contributed by atoms with Gasteiger partial charge in [0.1, 0.15) is 6.61 Å². The second-order valence-electron chi connectivity index (χ2n) is 10.2. The number of hydrogen-bond donors (Lipinski definition) is 1. The molecule has 0 aliphatic carbocycles. The van der Waals surface area contributed by atoms with Gasteiger partial charge in [0.2, 0.25) is 0 Å². The van der Waals surface area contributed by atoms with Crippen molar-refractivity contribution in [3.63, 3.8) is 0 Å². The zero-order chi connectivity index (χ0) is 27.6. The molecule has 0 saturated heterocycles. The van der Waals surface area contributed by atoms with Crippen molar-refractivity contribution in [2.45, 2.75) is 142 Å². The Morgan fingerprint density at radius 2 is 1.54 bits per heavy atom. The highest BCUT2D eigenvalue weighted by Gasteiger charge is 2.17. The van der Waals surface area contributed by atoms with Crippen LogP contribution in [0.2, 0.25) is 0 Å². The van der Waals surface area contributed by atoms with Crippen molar-refractivity contribution in [2.75, 3.05) is 13.2 Å². The number of nitrogens with zero attached hydrogens (tertiary/aromatic N) is 1. The minimum atomic E-state index is -0.963. The Bertz CT molecular complexity index is 628. The predicted octanol–water partition coefficient (Wildman–Crippen LogP) is 8.15. The summed E-state index contributed by atoms with van der Waals surface area (Å²) >= 11 is 0. The molecule has 0 aliphatic rings. The molecule has 3 unspecified atom stereocenters. The molecule has 0 fully saturated rings. The molecule has 0 bridgehead atoms. The molecule has 0 aromatic heterocycles. The van der Waals surface area contributed by atoms with Crippen molar-refractivity contribution < 1.29 is 24.1 Å². The van der Waals surface area contributed by atoms with Gasteiger partial charge in [-0.25, -0.2) is 4.79 Å². The van der Waals surface area contributed by atoms with E-state index < -0.39 is 18.4 Å². The molecule has 0 radical (unpaired) electrons. The molecule has 0 aromatic rings. The number of unbranched alkanes of at least 4 members (excludes halogenated alkanes) is 10. The fraction of sp³-hybridized carbons (Fsp3) is 0.806. The van der Waals surface area contributed by atoms with E-state index in [1.54, 1.807) is 0 Å². The summed E-state index contributed by atoms with van der Waals surface area (Å²) in [5.41, 5.74) is 0. The summed E-state index contributed by atoms with van der Waals surface area (Å²) in [6, 6.07) is 1.43. The minimum absolute atomic E-state index is 0.0645. The third kappa shape index (κ3) is 24.3. The molecule has 214 valence electrons. The summed E-state index contributed by atoms with van der Waals surface area (Å²) in [5, 5.41) is 18.9. The van der Waals surface area contributed by atoms with Crippen LogP contribution >= 0.6 is 0 Å². The van der Waals surface area contributed by atoms with E-state index in [1.165, 1.54) is 63.9 Å². The van der Waals surface area contributed by atoms with Gasteiger partial charge in [-0.2, -0.15) is 5.26 Å². The van der Waals surface area contributed by atoms with Gasteiger partial charge in [-0.15, -0.1) is 0 Å². The van der Waals surface area contributed by atoms with E-state index in [0.717, 1.165) is 44.4 Å². The number of aliphatic hydroxyl groups is 1.